The fourth-order valence-electron chi connectivity index (χ4n) is 3.69. The van der Waals surface area contributed by atoms with Crippen LogP contribution in [0.2, 0.25) is 0 Å². The molecule has 0 aliphatic carbocycles. The largest absolute Gasteiger partial charge is 0.463 e. The second-order valence-electron chi connectivity index (χ2n) is 7.45. The van der Waals surface area contributed by atoms with E-state index in [0.717, 1.165) is 12.0 Å². The Hall–Kier alpha value is -3.68. The van der Waals surface area contributed by atoms with Crippen molar-refractivity contribution < 1.29 is 13.7 Å². The van der Waals surface area contributed by atoms with Crippen molar-refractivity contribution in [3.05, 3.63) is 65.7 Å². The van der Waals surface area contributed by atoms with Gasteiger partial charge in [0.15, 0.2) is 11.6 Å². The molecule has 3 aromatic heterocycles. The summed E-state index contributed by atoms with van der Waals surface area (Å²) >= 11 is 0. The van der Waals surface area contributed by atoms with Crippen molar-refractivity contribution in [3.63, 3.8) is 0 Å². The minimum absolute atomic E-state index is 0.0858. The molecule has 8 heteroatoms. The first-order valence-electron chi connectivity index (χ1n) is 9.98. The zero-order chi connectivity index (χ0) is 20.5. The van der Waals surface area contributed by atoms with E-state index in [-0.39, 0.29) is 11.8 Å². The predicted octanol–water partition coefficient (Wildman–Crippen LogP) is 3.80. The summed E-state index contributed by atoms with van der Waals surface area (Å²) in [7, 11) is 0. The molecule has 1 aliphatic heterocycles. The van der Waals surface area contributed by atoms with Crippen LogP contribution in [-0.4, -0.2) is 37.7 Å². The summed E-state index contributed by atoms with van der Waals surface area (Å²) in [5.74, 6) is 1.55. The molecule has 4 aromatic rings. The molecule has 0 spiro atoms. The van der Waals surface area contributed by atoms with Crippen molar-refractivity contribution in [2.75, 3.05) is 6.54 Å². The van der Waals surface area contributed by atoms with Gasteiger partial charge >= 0.3 is 0 Å². The smallest absolute Gasteiger partial charge is 0.275 e. The number of likely N-dealkylation sites (tertiary alicyclic amines) is 1. The molecule has 0 bridgehead atoms. The molecule has 1 aliphatic rings. The van der Waals surface area contributed by atoms with Crippen LogP contribution in [0.5, 0.6) is 0 Å². The highest BCUT2D eigenvalue weighted by Gasteiger charge is 2.34. The number of H-pyrrole nitrogens is 1. The SMILES string of the molecule is CCc1ccc(CN2CC(c3noc(-c4cc(-c5ccco5)n[nH]4)n3)CC2=O)cc1. The zero-order valence-corrected chi connectivity index (χ0v) is 16.5. The van der Waals surface area contributed by atoms with Crippen LogP contribution >= 0.6 is 0 Å². The van der Waals surface area contributed by atoms with Crippen molar-refractivity contribution >= 4 is 5.91 Å². The summed E-state index contributed by atoms with van der Waals surface area (Å²) in [6, 6.07) is 13.8. The highest BCUT2D eigenvalue weighted by Crippen LogP contribution is 2.30. The molecule has 1 N–H and O–H groups in total. The van der Waals surface area contributed by atoms with Crippen LogP contribution in [0, 0.1) is 0 Å². The summed E-state index contributed by atoms with van der Waals surface area (Å²) in [6.07, 6.45) is 2.98. The van der Waals surface area contributed by atoms with Gasteiger partial charge in [-0.15, -0.1) is 0 Å². The first-order valence-corrected chi connectivity index (χ1v) is 9.98. The topological polar surface area (TPSA) is 101 Å². The Morgan fingerprint density at radius 3 is 2.80 bits per heavy atom. The summed E-state index contributed by atoms with van der Waals surface area (Å²) in [5, 5.41) is 11.2. The lowest BCUT2D eigenvalue weighted by molar-refractivity contribution is -0.128. The summed E-state index contributed by atoms with van der Waals surface area (Å²) < 4.78 is 10.8. The van der Waals surface area contributed by atoms with Gasteiger partial charge in [0.1, 0.15) is 11.4 Å². The number of aromatic nitrogens is 4. The molecule has 1 fully saturated rings. The van der Waals surface area contributed by atoms with Crippen molar-refractivity contribution in [3.8, 4) is 23.0 Å². The van der Waals surface area contributed by atoms with Gasteiger partial charge in [-0.3, -0.25) is 9.89 Å². The van der Waals surface area contributed by atoms with E-state index in [9.17, 15) is 4.79 Å². The van der Waals surface area contributed by atoms with Crippen molar-refractivity contribution in [1.82, 2.24) is 25.2 Å². The van der Waals surface area contributed by atoms with E-state index in [1.54, 1.807) is 18.4 Å². The first kappa shape index (κ1) is 18.4. The van der Waals surface area contributed by atoms with Crippen LogP contribution in [0.15, 0.2) is 57.7 Å². The maximum Gasteiger partial charge on any atom is 0.275 e. The molecule has 30 heavy (non-hydrogen) atoms. The standard InChI is InChI=1S/C22H21N5O3/c1-2-14-5-7-15(8-6-14)12-27-13-16(10-20(27)28)21-23-22(30-26-21)18-11-17(24-25-18)19-4-3-9-29-19/h3-9,11,16H,2,10,12-13H2,1H3,(H,24,25). The Labute approximate surface area is 172 Å². The van der Waals surface area contributed by atoms with Gasteiger partial charge < -0.3 is 13.8 Å². The quantitative estimate of drug-likeness (QED) is 0.525. The molecule has 1 atom stereocenters. The maximum atomic E-state index is 12.5. The highest BCUT2D eigenvalue weighted by atomic mass is 16.5. The van der Waals surface area contributed by atoms with Gasteiger partial charge in [0.2, 0.25) is 5.91 Å². The Balaban J connectivity index is 1.28. The first-order chi connectivity index (χ1) is 14.7. The number of hydrogen-bond donors (Lipinski definition) is 1. The number of carbonyl (C=O) groups excluding carboxylic acids is 1. The van der Waals surface area contributed by atoms with Crippen LogP contribution in [0.1, 0.15) is 36.2 Å². The van der Waals surface area contributed by atoms with E-state index in [4.69, 9.17) is 8.94 Å². The molecule has 1 saturated heterocycles. The number of rotatable bonds is 6. The van der Waals surface area contributed by atoms with Crippen molar-refractivity contribution in [1.29, 1.82) is 0 Å². The molecular weight excluding hydrogens is 382 g/mol. The monoisotopic (exact) mass is 403 g/mol. The summed E-state index contributed by atoms with van der Waals surface area (Å²) in [4.78, 5) is 18.9. The highest BCUT2D eigenvalue weighted by molar-refractivity contribution is 5.79. The van der Waals surface area contributed by atoms with E-state index in [2.05, 4.69) is 51.5 Å². The van der Waals surface area contributed by atoms with Crippen LogP contribution in [0.25, 0.3) is 23.0 Å². The number of nitrogens with one attached hydrogen (secondary N) is 1. The van der Waals surface area contributed by atoms with Crippen LogP contribution in [0.4, 0.5) is 0 Å². The van der Waals surface area contributed by atoms with Gasteiger partial charge in [-0.2, -0.15) is 10.1 Å². The minimum Gasteiger partial charge on any atom is -0.463 e. The average Bonchev–Trinajstić information content (AvgIpc) is 3.55. The Morgan fingerprint density at radius 1 is 1.20 bits per heavy atom. The number of furan rings is 1. The van der Waals surface area contributed by atoms with Gasteiger partial charge in [-0.05, 0) is 29.7 Å². The molecule has 0 radical (unpaired) electrons. The van der Waals surface area contributed by atoms with Gasteiger partial charge in [0.25, 0.3) is 5.89 Å². The molecule has 1 aromatic carbocycles. The molecule has 152 valence electrons. The maximum absolute atomic E-state index is 12.5. The van der Waals surface area contributed by atoms with Gasteiger partial charge in [0, 0.05) is 31.5 Å². The Bertz CT molecular complexity index is 1140. The van der Waals surface area contributed by atoms with Crippen molar-refractivity contribution in [2.24, 2.45) is 0 Å². The number of amides is 1. The Morgan fingerprint density at radius 2 is 2.03 bits per heavy atom. The van der Waals surface area contributed by atoms with Gasteiger partial charge in [-0.25, -0.2) is 0 Å². The fourth-order valence-corrected chi connectivity index (χ4v) is 3.69. The van der Waals surface area contributed by atoms with E-state index < -0.39 is 0 Å². The number of hydrogen-bond acceptors (Lipinski definition) is 6. The lowest BCUT2D eigenvalue weighted by Gasteiger charge is -2.16. The number of benzene rings is 1. The average molecular weight is 403 g/mol. The molecule has 5 rings (SSSR count). The van der Waals surface area contributed by atoms with E-state index in [1.807, 2.05) is 11.0 Å². The third-order valence-electron chi connectivity index (χ3n) is 5.41. The van der Waals surface area contributed by atoms with E-state index >= 15 is 0 Å². The normalized spacial score (nSPS) is 16.5. The lowest BCUT2D eigenvalue weighted by Crippen LogP contribution is -2.24. The third-order valence-corrected chi connectivity index (χ3v) is 5.41. The molecular formula is C22H21N5O3. The van der Waals surface area contributed by atoms with E-state index in [1.165, 1.54) is 5.56 Å². The molecule has 1 unspecified atom stereocenters. The number of aromatic amines is 1. The molecule has 4 heterocycles. The Kier molecular flexibility index (Phi) is 4.66. The second kappa shape index (κ2) is 7.62. The molecule has 8 nitrogen and oxygen atoms in total. The second-order valence-corrected chi connectivity index (χ2v) is 7.45. The van der Waals surface area contributed by atoms with Crippen LogP contribution < -0.4 is 0 Å². The van der Waals surface area contributed by atoms with Crippen molar-refractivity contribution in [2.45, 2.75) is 32.2 Å². The van der Waals surface area contributed by atoms with Crippen LogP contribution in [-0.2, 0) is 17.8 Å². The van der Waals surface area contributed by atoms with Gasteiger partial charge in [0.05, 0.1) is 6.26 Å². The number of nitrogens with zero attached hydrogens (tertiary/aromatic N) is 4. The molecule has 1 amide bonds. The summed E-state index contributed by atoms with van der Waals surface area (Å²) in [6.45, 7) is 3.30. The molecule has 0 saturated carbocycles. The minimum atomic E-state index is -0.0858. The third kappa shape index (κ3) is 3.52. The number of aryl methyl sites for hydroxylation is 1. The fraction of sp³-hybridized carbons (Fsp3) is 0.273. The number of carbonyl (C=O) groups is 1. The zero-order valence-electron chi connectivity index (χ0n) is 16.5. The van der Waals surface area contributed by atoms with Crippen LogP contribution in [0.3, 0.4) is 0 Å². The van der Waals surface area contributed by atoms with E-state index in [0.29, 0.717) is 48.4 Å². The lowest BCUT2D eigenvalue weighted by atomic mass is 10.1. The predicted molar refractivity (Wildman–Crippen MR) is 108 cm³/mol. The summed E-state index contributed by atoms with van der Waals surface area (Å²) in [5.41, 5.74) is 3.68. The van der Waals surface area contributed by atoms with Gasteiger partial charge in [-0.1, -0.05) is 36.3 Å².